The Labute approximate surface area is 174 Å². The second-order valence-electron chi connectivity index (χ2n) is 6.15. The molecule has 1 heterocycles. The summed E-state index contributed by atoms with van der Waals surface area (Å²) in [6, 6.07) is 7.70. The average molecular weight is 477 g/mol. The van der Waals surface area contributed by atoms with Gasteiger partial charge in [-0.15, -0.1) is 24.0 Å². The highest BCUT2D eigenvalue weighted by molar-refractivity contribution is 14.0. The van der Waals surface area contributed by atoms with Gasteiger partial charge in [0.05, 0.1) is 19.8 Å². The van der Waals surface area contributed by atoms with Crippen molar-refractivity contribution in [1.82, 2.24) is 10.2 Å². The van der Waals surface area contributed by atoms with E-state index in [-0.39, 0.29) is 30.1 Å². The molecule has 1 N–H and O–H groups in total. The third-order valence-corrected chi connectivity index (χ3v) is 4.30. The Bertz CT molecular complexity index is 549. The molecule has 1 saturated heterocycles. The van der Waals surface area contributed by atoms with Gasteiger partial charge in [0.25, 0.3) is 0 Å². The molecule has 1 aromatic carbocycles. The van der Waals surface area contributed by atoms with Gasteiger partial charge in [-0.25, -0.2) is 0 Å². The van der Waals surface area contributed by atoms with Crippen molar-refractivity contribution < 1.29 is 14.2 Å². The number of para-hydroxylation sites is 2. The van der Waals surface area contributed by atoms with Crippen LogP contribution in [0.4, 0.5) is 0 Å². The topological polar surface area (TPSA) is 55.3 Å². The van der Waals surface area contributed by atoms with Crippen LogP contribution >= 0.6 is 24.0 Å². The zero-order chi connectivity index (χ0) is 18.1. The van der Waals surface area contributed by atoms with Gasteiger partial charge in [0.15, 0.2) is 17.5 Å². The summed E-state index contributed by atoms with van der Waals surface area (Å²) in [6.45, 7) is 7.48. The molecule has 1 fully saturated rings. The molecule has 7 heteroatoms. The first kappa shape index (κ1) is 22.8. The van der Waals surface area contributed by atoms with E-state index in [4.69, 9.17) is 14.2 Å². The van der Waals surface area contributed by atoms with Crippen LogP contribution in [0.5, 0.6) is 11.5 Å². The first-order valence-corrected chi connectivity index (χ1v) is 9.04. The number of likely N-dealkylation sites (tertiary alicyclic amines) is 1. The predicted octanol–water partition coefficient (Wildman–Crippen LogP) is 3.16. The monoisotopic (exact) mass is 477 g/mol. The van der Waals surface area contributed by atoms with Crippen LogP contribution in [0.15, 0.2) is 29.3 Å². The molecule has 0 amide bonds. The predicted molar refractivity (Wildman–Crippen MR) is 116 cm³/mol. The minimum Gasteiger partial charge on any atom is -0.493 e. The SMILES string of the molecule is CCOC1CCN(C(=NC)NCC(C)Oc2ccccc2OC)CC1.I. The lowest BCUT2D eigenvalue weighted by Crippen LogP contribution is -2.48. The summed E-state index contributed by atoms with van der Waals surface area (Å²) in [5, 5.41) is 3.41. The van der Waals surface area contributed by atoms with E-state index in [0.717, 1.165) is 50.0 Å². The van der Waals surface area contributed by atoms with Gasteiger partial charge in [-0.2, -0.15) is 0 Å². The quantitative estimate of drug-likeness (QED) is 0.372. The van der Waals surface area contributed by atoms with E-state index in [0.29, 0.717) is 12.6 Å². The fraction of sp³-hybridized carbons (Fsp3) is 0.632. The number of rotatable bonds is 7. The van der Waals surface area contributed by atoms with Crippen LogP contribution in [0.2, 0.25) is 0 Å². The van der Waals surface area contributed by atoms with Gasteiger partial charge < -0.3 is 24.4 Å². The van der Waals surface area contributed by atoms with Gasteiger partial charge in [-0.3, -0.25) is 4.99 Å². The number of hydrogen-bond acceptors (Lipinski definition) is 4. The zero-order valence-electron chi connectivity index (χ0n) is 16.2. The molecule has 0 aromatic heterocycles. The Morgan fingerprint density at radius 1 is 1.27 bits per heavy atom. The molecular weight excluding hydrogens is 445 g/mol. The largest absolute Gasteiger partial charge is 0.493 e. The van der Waals surface area contributed by atoms with E-state index < -0.39 is 0 Å². The molecule has 1 atom stereocenters. The molecule has 1 aliphatic rings. The van der Waals surface area contributed by atoms with Crippen molar-refractivity contribution in [2.45, 2.75) is 38.9 Å². The Morgan fingerprint density at radius 2 is 1.92 bits per heavy atom. The molecule has 0 radical (unpaired) electrons. The number of guanidine groups is 1. The van der Waals surface area contributed by atoms with E-state index in [1.807, 2.05) is 38.2 Å². The van der Waals surface area contributed by atoms with Crippen molar-refractivity contribution in [3.63, 3.8) is 0 Å². The highest BCUT2D eigenvalue weighted by Crippen LogP contribution is 2.26. The molecule has 1 aliphatic heterocycles. The second-order valence-corrected chi connectivity index (χ2v) is 6.15. The summed E-state index contributed by atoms with van der Waals surface area (Å²) in [6.07, 6.45) is 2.46. The summed E-state index contributed by atoms with van der Waals surface area (Å²) >= 11 is 0. The van der Waals surface area contributed by atoms with E-state index in [1.165, 1.54) is 0 Å². The van der Waals surface area contributed by atoms with Crippen molar-refractivity contribution in [1.29, 1.82) is 0 Å². The van der Waals surface area contributed by atoms with Gasteiger partial charge in [-0.05, 0) is 38.8 Å². The number of nitrogens with one attached hydrogen (secondary N) is 1. The van der Waals surface area contributed by atoms with E-state index in [1.54, 1.807) is 7.11 Å². The summed E-state index contributed by atoms with van der Waals surface area (Å²) in [5.41, 5.74) is 0. The molecule has 6 nitrogen and oxygen atoms in total. The van der Waals surface area contributed by atoms with Crippen molar-refractivity contribution in [3.05, 3.63) is 24.3 Å². The van der Waals surface area contributed by atoms with Gasteiger partial charge >= 0.3 is 0 Å². The number of halogens is 1. The van der Waals surface area contributed by atoms with Crippen molar-refractivity contribution in [3.8, 4) is 11.5 Å². The fourth-order valence-corrected chi connectivity index (χ4v) is 3.01. The maximum Gasteiger partial charge on any atom is 0.193 e. The summed E-state index contributed by atoms with van der Waals surface area (Å²) in [5.74, 6) is 2.42. The van der Waals surface area contributed by atoms with Crippen LogP contribution in [0.1, 0.15) is 26.7 Å². The molecule has 2 rings (SSSR count). The van der Waals surface area contributed by atoms with Crippen LogP contribution in [0.25, 0.3) is 0 Å². The fourth-order valence-electron chi connectivity index (χ4n) is 3.01. The van der Waals surface area contributed by atoms with Crippen LogP contribution in [0.3, 0.4) is 0 Å². The van der Waals surface area contributed by atoms with Crippen molar-refractivity contribution in [2.24, 2.45) is 4.99 Å². The first-order chi connectivity index (χ1) is 12.2. The molecule has 0 saturated carbocycles. The second kappa shape index (κ2) is 12.2. The van der Waals surface area contributed by atoms with Crippen LogP contribution in [-0.2, 0) is 4.74 Å². The number of piperidine rings is 1. The van der Waals surface area contributed by atoms with Gasteiger partial charge in [-0.1, -0.05) is 12.1 Å². The number of aliphatic imine (C=N–C) groups is 1. The first-order valence-electron chi connectivity index (χ1n) is 9.04. The minimum absolute atomic E-state index is 0. The standard InChI is InChI=1S/C19H31N3O3.HI/c1-5-24-16-10-12-22(13-11-16)19(20-3)21-14-15(2)25-18-9-7-6-8-17(18)23-4;/h6-9,15-16H,5,10-14H2,1-4H3,(H,20,21);1H. The van der Waals surface area contributed by atoms with Gasteiger partial charge in [0.1, 0.15) is 6.10 Å². The lowest BCUT2D eigenvalue weighted by atomic mass is 10.1. The van der Waals surface area contributed by atoms with E-state index >= 15 is 0 Å². The minimum atomic E-state index is -0.00554. The summed E-state index contributed by atoms with van der Waals surface area (Å²) < 4.78 is 17.0. The van der Waals surface area contributed by atoms with Crippen LogP contribution in [0, 0.1) is 0 Å². The van der Waals surface area contributed by atoms with Gasteiger partial charge in [0.2, 0.25) is 0 Å². The van der Waals surface area contributed by atoms with Crippen molar-refractivity contribution >= 4 is 29.9 Å². The third-order valence-electron chi connectivity index (χ3n) is 4.30. The highest BCUT2D eigenvalue weighted by Gasteiger charge is 2.22. The molecule has 0 aliphatic carbocycles. The maximum atomic E-state index is 5.99. The molecule has 26 heavy (non-hydrogen) atoms. The lowest BCUT2D eigenvalue weighted by Gasteiger charge is -2.34. The third kappa shape index (κ3) is 6.83. The normalized spacial score (nSPS) is 16.6. The number of nitrogens with zero attached hydrogens (tertiary/aromatic N) is 2. The Morgan fingerprint density at radius 3 is 2.50 bits per heavy atom. The van der Waals surface area contributed by atoms with Gasteiger partial charge in [0, 0.05) is 26.7 Å². The molecular formula is C19H32IN3O3. The lowest BCUT2D eigenvalue weighted by molar-refractivity contribution is 0.0263. The van der Waals surface area contributed by atoms with Crippen LogP contribution < -0.4 is 14.8 Å². The maximum absolute atomic E-state index is 5.99. The molecule has 0 spiro atoms. The number of hydrogen-bond donors (Lipinski definition) is 1. The summed E-state index contributed by atoms with van der Waals surface area (Å²) in [7, 11) is 3.47. The van der Waals surface area contributed by atoms with Crippen LogP contribution in [-0.4, -0.2) is 63.5 Å². The molecule has 1 unspecified atom stereocenters. The zero-order valence-corrected chi connectivity index (χ0v) is 18.6. The van der Waals surface area contributed by atoms with Crippen molar-refractivity contribution in [2.75, 3.05) is 40.4 Å². The summed E-state index contributed by atoms with van der Waals surface area (Å²) in [4.78, 5) is 6.69. The Kier molecular flexibility index (Phi) is 10.7. The molecule has 1 aromatic rings. The molecule has 148 valence electrons. The number of methoxy groups -OCH3 is 1. The Hall–Kier alpha value is -1.22. The Balaban J connectivity index is 0.00000338. The highest BCUT2D eigenvalue weighted by atomic mass is 127. The average Bonchev–Trinajstić information content (AvgIpc) is 2.64. The van der Waals surface area contributed by atoms with E-state index in [2.05, 4.69) is 22.1 Å². The number of benzene rings is 1. The molecule has 0 bridgehead atoms. The smallest absolute Gasteiger partial charge is 0.193 e. The van der Waals surface area contributed by atoms with E-state index in [9.17, 15) is 0 Å². The number of ether oxygens (including phenoxy) is 3.